The Morgan fingerprint density at radius 3 is 1.62 bits per heavy atom. The van der Waals surface area contributed by atoms with E-state index in [9.17, 15) is 33.9 Å². The molecule has 85 heavy (non-hydrogen) atoms. The van der Waals surface area contributed by atoms with Crippen LogP contribution in [0.3, 0.4) is 0 Å². The van der Waals surface area contributed by atoms with Crippen LogP contribution in [0.25, 0.3) is 15.3 Å². The monoisotopic (exact) mass is 1130 g/mol. The highest BCUT2D eigenvalue weighted by Gasteiger charge is 2.39. The average molecular weight is 1130 g/mol. The molecule has 0 aliphatic carbocycles. The molecule has 0 aliphatic rings. The van der Waals surface area contributed by atoms with Gasteiger partial charge < -0.3 is 35.8 Å². The Morgan fingerprint density at radius 1 is 0.647 bits per heavy atom. The number of azide groups is 1. The average Bonchev–Trinajstić information content (AvgIpc) is 3.25. The Balaban J connectivity index is 0.000000292. The van der Waals surface area contributed by atoms with Crippen molar-refractivity contribution in [2.75, 3.05) is 10.6 Å². The van der Waals surface area contributed by atoms with Gasteiger partial charge in [-0.05, 0) is 135 Å². The number of terminal acetylenes is 1. The second kappa shape index (κ2) is 28.4. The van der Waals surface area contributed by atoms with Crippen molar-refractivity contribution in [1.29, 1.82) is 0 Å². The van der Waals surface area contributed by atoms with Gasteiger partial charge in [0.15, 0.2) is 23.0 Å². The van der Waals surface area contributed by atoms with Crippen molar-refractivity contribution < 1.29 is 43.3 Å². The number of esters is 1. The first-order valence-electron chi connectivity index (χ1n) is 26.8. The van der Waals surface area contributed by atoms with Crippen LogP contribution in [-0.4, -0.2) is 58.2 Å². The summed E-state index contributed by atoms with van der Waals surface area (Å²) in [7, 11) is 0. The molecule has 0 radical (unpaired) electrons. The maximum absolute atomic E-state index is 14.4. The largest absolute Gasteiger partial charge is 0.504 e. The second-order valence-electron chi connectivity index (χ2n) is 20.5. The molecule has 0 bridgehead atoms. The first kappa shape index (κ1) is 61.4. The highest BCUT2D eigenvalue weighted by Crippen LogP contribution is 2.41. The van der Waals surface area contributed by atoms with Crippen molar-refractivity contribution in [3.63, 3.8) is 0 Å². The summed E-state index contributed by atoms with van der Waals surface area (Å²) in [4.78, 5) is 85.6. The molecule has 426 valence electrons. The van der Waals surface area contributed by atoms with Crippen LogP contribution in [0.5, 0.6) is 11.5 Å². The molecule has 8 aromatic rings. The van der Waals surface area contributed by atoms with E-state index in [4.69, 9.17) is 28.0 Å². The van der Waals surface area contributed by atoms with Gasteiger partial charge in [-0.25, -0.2) is 9.64 Å². The zero-order chi connectivity index (χ0) is 61.1. The molecule has 0 aliphatic heterocycles. The fourth-order valence-electron chi connectivity index (χ4n) is 8.80. The van der Waals surface area contributed by atoms with Crippen molar-refractivity contribution in [1.82, 2.24) is 10.6 Å². The summed E-state index contributed by atoms with van der Waals surface area (Å²) in [6.45, 7) is 15.9. The molecule has 17 heteroatoms. The third-order valence-corrected chi connectivity index (χ3v) is 12.8. The number of aromatic hydroxyl groups is 1. The first-order chi connectivity index (χ1) is 40.8. The number of benzene rings is 8. The van der Waals surface area contributed by atoms with Crippen LogP contribution >= 0.6 is 0 Å². The van der Waals surface area contributed by atoms with Gasteiger partial charge in [0.1, 0.15) is 11.1 Å². The van der Waals surface area contributed by atoms with Gasteiger partial charge in [-0.1, -0.05) is 138 Å². The third-order valence-electron chi connectivity index (χ3n) is 12.8. The van der Waals surface area contributed by atoms with Gasteiger partial charge >= 0.3 is 5.97 Å². The van der Waals surface area contributed by atoms with Crippen LogP contribution in [0, 0.1) is 18.9 Å². The molecule has 4 amide bonds. The highest BCUT2D eigenvalue weighted by atomic mass is 16.6. The summed E-state index contributed by atoms with van der Waals surface area (Å²) in [5.74, 6) is -0.782. The van der Waals surface area contributed by atoms with Gasteiger partial charge in [-0.2, -0.15) is 0 Å². The van der Waals surface area contributed by atoms with Crippen molar-refractivity contribution >= 4 is 58.1 Å². The maximum Gasteiger partial charge on any atom is 0.338 e. The zero-order valence-electron chi connectivity index (χ0n) is 47.2. The Labute approximate surface area is 492 Å². The van der Waals surface area contributed by atoms with Crippen LogP contribution < -0.4 is 26.0 Å². The number of carbonyl (C=O) groups excluding carboxylic acids is 6. The van der Waals surface area contributed by atoms with Crippen LogP contribution in [0.4, 0.5) is 22.7 Å². The molecular weight excluding hydrogens is 1070 g/mol. The molecule has 8 aromatic carbocycles. The Bertz CT molecular complexity index is 3720. The SMILES string of the molecule is CC(C)Oc1c(N=[N+]=[N-])ccc(C(=O)Nc2ccc(C(=O)OC(C)(C)C)cc2)c1O.[C-]#[N+]c1ccc(C(=O)Nc2ccc(C(=O)N[C@@H](CC(=O)NC(c3ccccc3)(c3ccccc3)c3ccccc3)C(=O)Cc3ccc(C#C)cc3)cc2)cc1. The molecule has 8 rings (SSSR count). The molecule has 1 atom stereocenters. The minimum Gasteiger partial charge on any atom is -0.504 e. The predicted molar refractivity (Wildman–Crippen MR) is 326 cm³/mol. The van der Waals surface area contributed by atoms with Gasteiger partial charge in [-0.3, -0.25) is 24.0 Å². The number of ether oxygens (including phenoxy) is 2. The molecule has 0 spiro atoms. The van der Waals surface area contributed by atoms with E-state index in [1.165, 1.54) is 36.4 Å². The lowest BCUT2D eigenvalue weighted by atomic mass is 9.76. The van der Waals surface area contributed by atoms with E-state index in [0.717, 1.165) is 16.7 Å². The van der Waals surface area contributed by atoms with Gasteiger partial charge in [0, 0.05) is 39.4 Å². The molecule has 0 unspecified atom stereocenters. The lowest BCUT2D eigenvalue weighted by Gasteiger charge is -2.37. The number of hydrogen-bond acceptors (Lipinski definition) is 10. The van der Waals surface area contributed by atoms with Crippen LogP contribution in [0.2, 0.25) is 0 Å². The summed E-state index contributed by atoms with van der Waals surface area (Å²) < 4.78 is 10.8. The smallest absolute Gasteiger partial charge is 0.338 e. The van der Waals surface area contributed by atoms with Crippen LogP contribution in [0.15, 0.2) is 205 Å². The summed E-state index contributed by atoms with van der Waals surface area (Å²) in [5.41, 5.74) is 13.0. The molecule has 5 N–H and O–H groups in total. The molecule has 0 aromatic heterocycles. The number of phenols is 1. The number of amides is 4. The lowest BCUT2D eigenvalue weighted by molar-refractivity contribution is -0.127. The van der Waals surface area contributed by atoms with Crippen molar-refractivity contribution in [2.24, 2.45) is 5.11 Å². The summed E-state index contributed by atoms with van der Waals surface area (Å²) in [5, 5.41) is 25.5. The van der Waals surface area contributed by atoms with Crippen LogP contribution in [-0.2, 0) is 26.3 Å². The summed E-state index contributed by atoms with van der Waals surface area (Å²) >= 11 is 0. The minimum atomic E-state index is -1.20. The Hall–Kier alpha value is -11.3. The van der Waals surface area contributed by atoms with Gasteiger partial charge in [0.2, 0.25) is 5.91 Å². The highest BCUT2D eigenvalue weighted by molar-refractivity contribution is 6.08. The molecule has 0 saturated heterocycles. The molecule has 0 heterocycles. The zero-order valence-corrected chi connectivity index (χ0v) is 47.2. The summed E-state index contributed by atoms with van der Waals surface area (Å²) in [6.07, 6.45) is 4.81. The third kappa shape index (κ3) is 16.5. The van der Waals surface area contributed by atoms with Gasteiger partial charge in [0.05, 0.1) is 42.0 Å². The number of nitrogens with zero attached hydrogens (tertiary/aromatic N) is 4. The number of ketones is 1. The van der Waals surface area contributed by atoms with E-state index in [1.54, 1.807) is 107 Å². The quantitative estimate of drug-likeness (QED) is 0.00982. The lowest BCUT2D eigenvalue weighted by Crippen LogP contribution is -2.51. The topological polar surface area (TPSA) is 242 Å². The number of hydrogen-bond donors (Lipinski definition) is 5. The number of Topliss-reactive ketones (excluding diaryl/α,β-unsaturated/α-hetero) is 1. The van der Waals surface area contributed by atoms with E-state index in [1.807, 2.05) is 91.0 Å². The normalized spacial score (nSPS) is 11.1. The second-order valence-corrected chi connectivity index (χ2v) is 20.5. The molecular formula is C68H60N8O9. The van der Waals surface area contributed by atoms with Crippen molar-refractivity contribution in [3.05, 3.63) is 272 Å². The van der Waals surface area contributed by atoms with E-state index in [2.05, 4.69) is 42.1 Å². The maximum atomic E-state index is 14.4. The van der Waals surface area contributed by atoms with E-state index < -0.39 is 46.6 Å². The van der Waals surface area contributed by atoms with Gasteiger partial charge in [-0.15, -0.1) is 6.42 Å². The Morgan fingerprint density at radius 2 is 1.14 bits per heavy atom. The number of anilines is 2. The fourth-order valence-corrected chi connectivity index (χ4v) is 8.80. The van der Waals surface area contributed by atoms with E-state index >= 15 is 0 Å². The fraction of sp³-hybridized carbons (Fsp3) is 0.162. The predicted octanol–water partition coefficient (Wildman–Crippen LogP) is 13.2. The summed E-state index contributed by atoms with van der Waals surface area (Å²) in [6, 6.07) is 55.9. The Kier molecular flexibility index (Phi) is 20.5. The molecule has 0 fully saturated rings. The van der Waals surface area contributed by atoms with Crippen LogP contribution in [0.1, 0.15) is 110 Å². The number of carbonyl (C=O) groups is 6. The minimum absolute atomic E-state index is 0.0495. The molecule has 0 saturated carbocycles. The molecule has 17 nitrogen and oxygen atoms in total. The van der Waals surface area contributed by atoms with E-state index in [0.29, 0.717) is 39.3 Å². The van der Waals surface area contributed by atoms with E-state index in [-0.39, 0.29) is 53.2 Å². The van der Waals surface area contributed by atoms with Gasteiger partial charge in [0.25, 0.3) is 17.7 Å². The standard InChI is InChI=1S/C47H36N4O4.C21H24N4O5/c1-3-33-19-21-34(22-20-33)31-43(52)42(50-46(55)36-25-29-41(30-26-36)49-45(54)35-23-27-40(48-2)28-24-35)32-44(53)51-47(37-13-7-4-8-14-37,38-15-9-5-10-16-38)39-17-11-6-12-18-39;1-12(2)29-18-16(24-25-22)11-10-15(17(18)26)19(27)23-14-8-6-13(7-9-14)20(28)30-21(3,4)5/h1,4-30,42H,31-32H2,(H,49,54)(H,50,55)(H,51,53);6-12,26H,1-5H3,(H,23,27)/t42-;/m0./s1. The first-order valence-corrected chi connectivity index (χ1v) is 26.8. The number of nitrogens with one attached hydrogen (secondary N) is 4. The number of rotatable bonds is 19. The number of phenolic OH excluding ortho intramolecular Hbond substituents is 1. The van der Waals surface area contributed by atoms with Crippen molar-refractivity contribution in [2.45, 2.75) is 70.7 Å². The van der Waals surface area contributed by atoms with Crippen molar-refractivity contribution in [3.8, 4) is 23.8 Å².